The van der Waals surface area contributed by atoms with E-state index >= 15 is 0 Å². The fraction of sp³-hybridized carbons (Fsp3) is 0.900. The van der Waals surface area contributed by atoms with Crippen LogP contribution in [0.4, 0.5) is 0 Å². The SMILES string of the molecule is CC(C(N)=O)N(CCO)CC1CCCN1. The molecule has 1 saturated heterocycles. The van der Waals surface area contributed by atoms with Gasteiger partial charge in [0.1, 0.15) is 0 Å². The van der Waals surface area contributed by atoms with Crippen LogP contribution in [0.5, 0.6) is 0 Å². The fourth-order valence-electron chi connectivity index (χ4n) is 1.95. The lowest BCUT2D eigenvalue weighted by molar-refractivity contribution is -0.122. The summed E-state index contributed by atoms with van der Waals surface area (Å²) in [6.07, 6.45) is 2.32. The number of nitrogens with one attached hydrogen (secondary N) is 1. The van der Waals surface area contributed by atoms with E-state index in [1.165, 1.54) is 6.42 Å². The molecular formula is C10H21N3O2. The zero-order valence-electron chi connectivity index (χ0n) is 9.28. The van der Waals surface area contributed by atoms with Gasteiger partial charge in [0.2, 0.25) is 5.91 Å². The van der Waals surface area contributed by atoms with Crippen LogP contribution in [-0.4, -0.2) is 54.2 Å². The molecule has 1 rings (SSSR count). The fourth-order valence-corrected chi connectivity index (χ4v) is 1.95. The van der Waals surface area contributed by atoms with Crippen molar-refractivity contribution in [3.8, 4) is 0 Å². The molecule has 4 N–H and O–H groups in total. The summed E-state index contributed by atoms with van der Waals surface area (Å²) < 4.78 is 0. The van der Waals surface area contributed by atoms with Gasteiger partial charge in [-0.2, -0.15) is 0 Å². The molecule has 0 aromatic heterocycles. The molecule has 0 aromatic rings. The first-order valence-corrected chi connectivity index (χ1v) is 5.52. The maximum Gasteiger partial charge on any atom is 0.234 e. The van der Waals surface area contributed by atoms with E-state index in [0.717, 1.165) is 19.5 Å². The first kappa shape index (κ1) is 12.4. The number of amides is 1. The molecule has 2 unspecified atom stereocenters. The van der Waals surface area contributed by atoms with Crippen LogP contribution in [-0.2, 0) is 4.79 Å². The van der Waals surface area contributed by atoms with Crippen molar-refractivity contribution < 1.29 is 9.90 Å². The van der Waals surface area contributed by atoms with Gasteiger partial charge in [-0.3, -0.25) is 9.69 Å². The molecule has 1 heterocycles. The molecule has 15 heavy (non-hydrogen) atoms. The summed E-state index contributed by atoms with van der Waals surface area (Å²) in [5.74, 6) is -0.332. The molecule has 1 aliphatic rings. The highest BCUT2D eigenvalue weighted by Gasteiger charge is 2.23. The normalized spacial score (nSPS) is 23.3. The van der Waals surface area contributed by atoms with Crippen molar-refractivity contribution in [1.29, 1.82) is 0 Å². The summed E-state index contributed by atoms with van der Waals surface area (Å²) in [6, 6.07) is 0.123. The second-order valence-electron chi connectivity index (χ2n) is 4.09. The van der Waals surface area contributed by atoms with Crippen LogP contribution < -0.4 is 11.1 Å². The van der Waals surface area contributed by atoms with Crippen molar-refractivity contribution in [2.24, 2.45) is 5.73 Å². The Hall–Kier alpha value is -0.650. The number of rotatable bonds is 6. The van der Waals surface area contributed by atoms with Gasteiger partial charge < -0.3 is 16.2 Å². The molecule has 5 heteroatoms. The second kappa shape index (κ2) is 6.05. The highest BCUT2D eigenvalue weighted by molar-refractivity contribution is 5.79. The average Bonchev–Trinajstić information content (AvgIpc) is 2.68. The number of carbonyl (C=O) groups excluding carboxylic acids is 1. The predicted octanol–water partition coefficient (Wildman–Crippen LogP) is -1.09. The van der Waals surface area contributed by atoms with Gasteiger partial charge in [-0.05, 0) is 26.3 Å². The van der Waals surface area contributed by atoms with E-state index in [1.54, 1.807) is 6.92 Å². The lowest BCUT2D eigenvalue weighted by Gasteiger charge is -2.28. The number of hydrogen-bond acceptors (Lipinski definition) is 4. The number of carbonyl (C=O) groups is 1. The quantitative estimate of drug-likeness (QED) is 0.526. The van der Waals surface area contributed by atoms with Crippen molar-refractivity contribution in [2.75, 3.05) is 26.2 Å². The van der Waals surface area contributed by atoms with E-state index in [4.69, 9.17) is 10.8 Å². The maximum atomic E-state index is 11.1. The minimum absolute atomic E-state index is 0.0599. The molecule has 2 atom stereocenters. The third-order valence-corrected chi connectivity index (χ3v) is 2.96. The van der Waals surface area contributed by atoms with E-state index in [9.17, 15) is 4.79 Å². The van der Waals surface area contributed by atoms with Gasteiger partial charge in [0.25, 0.3) is 0 Å². The highest BCUT2D eigenvalue weighted by atomic mass is 16.3. The van der Waals surface area contributed by atoms with E-state index in [0.29, 0.717) is 12.6 Å². The van der Waals surface area contributed by atoms with Crippen molar-refractivity contribution in [3.05, 3.63) is 0 Å². The first-order chi connectivity index (χ1) is 7.15. The van der Waals surface area contributed by atoms with Crippen molar-refractivity contribution in [1.82, 2.24) is 10.2 Å². The van der Waals surface area contributed by atoms with Crippen LogP contribution in [0.25, 0.3) is 0 Å². The smallest absolute Gasteiger partial charge is 0.234 e. The molecule has 0 bridgehead atoms. The number of nitrogens with zero attached hydrogens (tertiary/aromatic N) is 1. The number of aliphatic hydroxyl groups excluding tert-OH is 1. The summed E-state index contributed by atoms with van der Waals surface area (Å²) in [6.45, 7) is 4.17. The molecule has 1 aliphatic heterocycles. The van der Waals surface area contributed by atoms with E-state index in [2.05, 4.69) is 5.32 Å². The second-order valence-corrected chi connectivity index (χ2v) is 4.09. The Labute approximate surface area is 90.6 Å². The van der Waals surface area contributed by atoms with Crippen LogP contribution in [0, 0.1) is 0 Å². The van der Waals surface area contributed by atoms with Crippen LogP contribution in [0.15, 0.2) is 0 Å². The van der Waals surface area contributed by atoms with Crippen LogP contribution in [0.2, 0.25) is 0 Å². The number of nitrogens with two attached hydrogens (primary N) is 1. The lowest BCUT2D eigenvalue weighted by atomic mass is 10.2. The third kappa shape index (κ3) is 3.77. The van der Waals surface area contributed by atoms with Crippen LogP contribution in [0.3, 0.4) is 0 Å². The summed E-state index contributed by atoms with van der Waals surface area (Å²) >= 11 is 0. The van der Waals surface area contributed by atoms with Gasteiger partial charge in [0, 0.05) is 19.1 Å². The minimum atomic E-state index is -0.332. The third-order valence-electron chi connectivity index (χ3n) is 2.96. The van der Waals surface area contributed by atoms with Gasteiger partial charge in [-0.1, -0.05) is 0 Å². The monoisotopic (exact) mass is 215 g/mol. The summed E-state index contributed by atoms with van der Waals surface area (Å²) in [4.78, 5) is 13.0. The largest absolute Gasteiger partial charge is 0.395 e. The molecule has 1 amide bonds. The molecule has 0 aliphatic carbocycles. The van der Waals surface area contributed by atoms with Gasteiger partial charge >= 0.3 is 0 Å². The average molecular weight is 215 g/mol. The summed E-state index contributed by atoms with van der Waals surface area (Å²) in [7, 11) is 0. The van der Waals surface area contributed by atoms with Gasteiger partial charge in [-0.15, -0.1) is 0 Å². The van der Waals surface area contributed by atoms with E-state index < -0.39 is 0 Å². The van der Waals surface area contributed by atoms with E-state index in [1.807, 2.05) is 4.90 Å². The molecule has 88 valence electrons. The number of aliphatic hydroxyl groups is 1. The van der Waals surface area contributed by atoms with Crippen LogP contribution >= 0.6 is 0 Å². The van der Waals surface area contributed by atoms with Gasteiger partial charge in [-0.25, -0.2) is 0 Å². The Morgan fingerprint density at radius 2 is 2.47 bits per heavy atom. The zero-order valence-corrected chi connectivity index (χ0v) is 9.28. The highest BCUT2D eigenvalue weighted by Crippen LogP contribution is 2.08. The lowest BCUT2D eigenvalue weighted by Crippen LogP contribution is -2.48. The molecule has 0 spiro atoms. The van der Waals surface area contributed by atoms with E-state index in [-0.39, 0.29) is 18.6 Å². The van der Waals surface area contributed by atoms with Crippen LogP contribution in [0.1, 0.15) is 19.8 Å². The summed E-state index contributed by atoms with van der Waals surface area (Å²) in [5, 5.41) is 12.3. The molecule has 0 saturated carbocycles. The Morgan fingerprint density at radius 3 is 2.93 bits per heavy atom. The summed E-state index contributed by atoms with van der Waals surface area (Å²) in [5.41, 5.74) is 5.26. The molecule has 0 radical (unpaired) electrons. The van der Waals surface area contributed by atoms with Gasteiger partial charge in [0.15, 0.2) is 0 Å². The predicted molar refractivity (Wildman–Crippen MR) is 58.3 cm³/mol. The van der Waals surface area contributed by atoms with Crippen molar-refractivity contribution in [3.63, 3.8) is 0 Å². The van der Waals surface area contributed by atoms with Crippen molar-refractivity contribution in [2.45, 2.75) is 31.8 Å². The Balaban J connectivity index is 2.44. The number of hydrogen-bond donors (Lipinski definition) is 3. The molecule has 0 aromatic carbocycles. The van der Waals surface area contributed by atoms with Gasteiger partial charge in [0.05, 0.1) is 12.6 Å². The Morgan fingerprint density at radius 1 is 1.73 bits per heavy atom. The molecule has 5 nitrogen and oxygen atoms in total. The van der Waals surface area contributed by atoms with Crippen molar-refractivity contribution >= 4 is 5.91 Å². The Bertz CT molecular complexity index is 205. The molecular weight excluding hydrogens is 194 g/mol. The molecule has 1 fully saturated rings. The topological polar surface area (TPSA) is 78.6 Å². The Kier molecular flexibility index (Phi) is 5.01. The number of primary amides is 1. The maximum absolute atomic E-state index is 11.1. The standard InChI is InChI=1S/C10H21N3O2/c1-8(10(11)15)13(5-6-14)7-9-3-2-4-12-9/h8-9,12,14H,2-7H2,1H3,(H2,11,15). The minimum Gasteiger partial charge on any atom is -0.395 e. The zero-order chi connectivity index (χ0) is 11.3. The first-order valence-electron chi connectivity index (χ1n) is 5.52.